The van der Waals surface area contributed by atoms with Gasteiger partial charge in [0.25, 0.3) is 5.91 Å². The lowest BCUT2D eigenvalue weighted by molar-refractivity contribution is -0.166. The first-order chi connectivity index (χ1) is 20.7. The maximum Gasteiger partial charge on any atom is 0.417 e. The van der Waals surface area contributed by atoms with Gasteiger partial charge in [-0.15, -0.1) is 0 Å². The van der Waals surface area contributed by atoms with Crippen molar-refractivity contribution in [3.05, 3.63) is 41.5 Å². The van der Waals surface area contributed by atoms with Gasteiger partial charge in [-0.25, -0.2) is 9.69 Å². The largest absolute Gasteiger partial charge is 0.451 e. The summed E-state index contributed by atoms with van der Waals surface area (Å²) in [6, 6.07) is 6.30. The SMILES string of the molecule is CO[C@@H](C(=O)N1C(=O)OC(C)(C)[C@H]1C(C)C)[C@@H](OC(C)=O)C(=O)C=C(C(=O)CCCOCCOCCO)c1cccc(C)c1. The fourth-order valence-electron chi connectivity index (χ4n) is 5.24. The number of ketones is 2. The summed E-state index contributed by atoms with van der Waals surface area (Å²) in [7, 11) is 1.16. The van der Waals surface area contributed by atoms with E-state index in [1.165, 1.54) is 0 Å². The van der Waals surface area contributed by atoms with Crippen molar-refractivity contribution in [2.45, 2.75) is 78.2 Å². The second-order valence-corrected chi connectivity index (χ2v) is 11.4. The van der Waals surface area contributed by atoms with Crippen LogP contribution in [-0.2, 0) is 42.9 Å². The average molecular weight is 620 g/mol. The Bertz CT molecular complexity index is 1210. The van der Waals surface area contributed by atoms with E-state index in [0.29, 0.717) is 25.2 Å². The van der Waals surface area contributed by atoms with Crippen LogP contribution in [0, 0.1) is 12.8 Å². The van der Waals surface area contributed by atoms with Gasteiger partial charge in [-0.3, -0.25) is 19.2 Å². The third-order valence-corrected chi connectivity index (χ3v) is 6.97. The molecule has 0 aliphatic carbocycles. The van der Waals surface area contributed by atoms with Crippen molar-refractivity contribution >= 4 is 35.1 Å². The molecule has 1 aliphatic rings. The second-order valence-electron chi connectivity index (χ2n) is 11.4. The summed E-state index contributed by atoms with van der Waals surface area (Å²) >= 11 is 0. The molecule has 0 saturated carbocycles. The van der Waals surface area contributed by atoms with E-state index in [2.05, 4.69) is 0 Å². The van der Waals surface area contributed by atoms with Gasteiger partial charge in [0.05, 0.1) is 32.5 Å². The number of allylic oxidation sites excluding steroid dienone is 1. The van der Waals surface area contributed by atoms with Gasteiger partial charge in [0, 0.05) is 32.6 Å². The van der Waals surface area contributed by atoms with E-state index in [1.807, 2.05) is 26.8 Å². The van der Waals surface area contributed by atoms with Crippen LogP contribution >= 0.6 is 0 Å². The Morgan fingerprint density at radius 2 is 1.73 bits per heavy atom. The van der Waals surface area contributed by atoms with Gasteiger partial charge >= 0.3 is 12.1 Å². The van der Waals surface area contributed by atoms with Gasteiger partial charge in [-0.1, -0.05) is 43.7 Å². The number of cyclic esters (lactones) is 1. The van der Waals surface area contributed by atoms with Crippen molar-refractivity contribution in [3.8, 4) is 0 Å². The summed E-state index contributed by atoms with van der Waals surface area (Å²) in [5.41, 5.74) is 0.358. The predicted octanol–water partition coefficient (Wildman–Crippen LogP) is 3.05. The van der Waals surface area contributed by atoms with E-state index >= 15 is 0 Å². The zero-order valence-electron chi connectivity index (χ0n) is 26.6. The van der Waals surface area contributed by atoms with Crippen LogP contribution in [0.2, 0.25) is 0 Å². The van der Waals surface area contributed by atoms with Crippen molar-refractivity contribution in [2.24, 2.45) is 5.92 Å². The molecular formula is C32H45NO11. The second kappa shape index (κ2) is 17.1. The average Bonchev–Trinajstić information content (AvgIpc) is 3.20. The summed E-state index contributed by atoms with van der Waals surface area (Å²) in [5, 5.41) is 8.75. The third kappa shape index (κ3) is 10.0. The number of carbonyl (C=O) groups is 5. The zero-order chi connectivity index (χ0) is 33.0. The number of aryl methyl sites for hydroxylation is 1. The molecule has 1 saturated heterocycles. The minimum Gasteiger partial charge on any atom is -0.451 e. The van der Waals surface area contributed by atoms with Crippen molar-refractivity contribution < 1.29 is 52.8 Å². The highest BCUT2D eigenvalue weighted by Gasteiger charge is 2.54. The Morgan fingerprint density at radius 3 is 2.30 bits per heavy atom. The number of imide groups is 1. The zero-order valence-corrected chi connectivity index (χ0v) is 26.6. The summed E-state index contributed by atoms with van der Waals surface area (Å²) in [4.78, 5) is 66.8. The third-order valence-electron chi connectivity index (χ3n) is 6.97. The smallest absolute Gasteiger partial charge is 0.417 e. The highest BCUT2D eigenvalue weighted by atomic mass is 16.6. The topological polar surface area (TPSA) is 155 Å². The Hall–Kier alpha value is -3.45. The monoisotopic (exact) mass is 619 g/mol. The van der Waals surface area contributed by atoms with Crippen molar-refractivity contribution in [3.63, 3.8) is 0 Å². The van der Waals surface area contributed by atoms with Crippen LogP contribution in [0.15, 0.2) is 30.3 Å². The molecule has 0 unspecified atom stereocenters. The standard InChI is InChI=1S/C32H45NO11/c1-20(2)29-32(5,6)44-31(39)33(29)30(38)28(40-7)27(43-22(4)35)26(37)19-24(23-11-8-10-21(3)18-23)25(36)12-9-14-41-16-17-42-15-13-34/h8,10-11,18-20,27-29,34H,9,12-17H2,1-7H3/t27-,28+,29+/m0/s1. The molecule has 1 fully saturated rings. The van der Waals surface area contributed by atoms with Gasteiger partial charge in [0.15, 0.2) is 23.8 Å². The van der Waals surface area contributed by atoms with Crippen LogP contribution in [-0.4, -0.2) is 104 Å². The Balaban J connectivity index is 2.38. The van der Waals surface area contributed by atoms with Crippen LogP contribution in [0.3, 0.4) is 0 Å². The van der Waals surface area contributed by atoms with Gasteiger partial charge in [-0.2, -0.15) is 0 Å². The van der Waals surface area contributed by atoms with Gasteiger partial charge in [-0.05, 0) is 44.7 Å². The summed E-state index contributed by atoms with van der Waals surface area (Å²) in [6.45, 7) is 10.9. The number of methoxy groups -OCH3 is 1. The molecule has 12 heteroatoms. The Kier molecular flexibility index (Phi) is 14.3. The number of benzene rings is 1. The highest BCUT2D eigenvalue weighted by Crippen LogP contribution is 2.35. The molecule has 0 spiro atoms. The van der Waals surface area contributed by atoms with Crippen molar-refractivity contribution in [1.82, 2.24) is 4.90 Å². The molecule has 3 atom stereocenters. The van der Waals surface area contributed by atoms with Crippen LogP contribution in [0.25, 0.3) is 5.57 Å². The fourth-order valence-corrected chi connectivity index (χ4v) is 5.24. The molecule has 12 nitrogen and oxygen atoms in total. The predicted molar refractivity (Wildman–Crippen MR) is 160 cm³/mol. The number of hydrogen-bond donors (Lipinski definition) is 1. The minimum absolute atomic E-state index is 0.0419. The normalized spacial score (nSPS) is 17.8. The van der Waals surface area contributed by atoms with E-state index < -0.39 is 47.6 Å². The molecule has 1 aromatic rings. The van der Waals surface area contributed by atoms with Gasteiger partial charge < -0.3 is 28.8 Å². The van der Waals surface area contributed by atoms with E-state index in [0.717, 1.165) is 30.6 Å². The fraction of sp³-hybridized carbons (Fsp3) is 0.594. The molecule has 1 heterocycles. The molecule has 0 radical (unpaired) electrons. The molecule has 1 aliphatic heterocycles. The first kappa shape index (κ1) is 36.7. The molecule has 0 aromatic heterocycles. The van der Waals surface area contributed by atoms with E-state index in [-0.39, 0.29) is 43.5 Å². The number of aliphatic hydroxyl groups excluding tert-OH is 1. The van der Waals surface area contributed by atoms with Crippen LogP contribution in [0.5, 0.6) is 0 Å². The minimum atomic E-state index is -1.79. The van der Waals surface area contributed by atoms with E-state index in [4.69, 9.17) is 28.8 Å². The lowest BCUT2D eigenvalue weighted by Gasteiger charge is -2.33. The molecular weight excluding hydrogens is 574 g/mol. The van der Waals surface area contributed by atoms with Crippen LogP contribution in [0.1, 0.15) is 58.6 Å². The molecule has 44 heavy (non-hydrogen) atoms. The first-order valence-corrected chi connectivity index (χ1v) is 14.6. The van der Waals surface area contributed by atoms with Crippen molar-refractivity contribution in [1.29, 1.82) is 0 Å². The molecule has 1 N–H and O–H groups in total. The van der Waals surface area contributed by atoms with E-state index in [9.17, 15) is 24.0 Å². The first-order valence-electron chi connectivity index (χ1n) is 14.6. The number of aliphatic hydroxyl groups is 1. The number of esters is 1. The van der Waals surface area contributed by atoms with Crippen LogP contribution < -0.4 is 0 Å². The van der Waals surface area contributed by atoms with E-state index in [1.54, 1.807) is 32.0 Å². The summed E-state index contributed by atoms with van der Waals surface area (Å²) < 4.78 is 26.8. The van der Waals surface area contributed by atoms with Crippen LogP contribution in [0.4, 0.5) is 4.79 Å². The maximum atomic E-state index is 13.8. The number of rotatable bonds is 18. The quantitative estimate of drug-likeness (QED) is 0.146. The highest BCUT2D eigenvalue weighted by molar-refractivity contribution is 6.25. The molecule has 2 rings (SSSR count). The lowest BCUT2D eigenvalue weighted by atomic mass is 9.88. The Labute approximate surface area is 258 Å². The molecule has 2 amide bonds. The van der Waals surface area contributed by atoms with Gasteiger partial charge in [0.1, 0.15) is 5.60 Å². The number of Topliss-reactive ketones (excluding diaryl/α,β-unsaturated/α-hetero) is 1. The number of carbonyl (C=O) groups excluding carboxylic acids is 5. The number of amides is 2. The number of ether oxygens (including phenoxy) is 5. The molecule has 1 aromatic carbocycles. The van der Waals surface area contributed by atoms with Gasteiger partial charge in [0.2, 0.25) is 0 Å². The molecule has 244 valence electrons. The number of hydrogen-bond acceptors (Lipinski definition) is 11. The lowest BCUT2D eigenvalue weighted by Crippen LogP contribution is -2.55. The summed E-state index contributed by atoms with van der Waals surface area (Å²) in [6.07, 6.45) is -2.93. The van der Waals surface area contributed by atoms with Crippen molar-refractivity contribution in [2.75, 3.05) is 40.1 Å². The molecule has 0 bridgehead atoms. The number of nitrogens with zero attached hydrogens (tertiary/aromatic N) is 1. The summed E-state index contributed by atoms with van der Waals surface area (Å²) in [5.74, 6) is -3.20. The maximum absolute atomic E-state index is 13.8. The Morgan fingerprint density at radius 1 is 1.07 bits per heavy atom.